The molecule has 0 aromatic heterocycles. The summed E-state index contributed by atoms with van der Waals surface area (Å²) < 4.78 is 6.40. The average Bonchev–Trinajstić information content (AvgIpc) is 2.62. The Morgan fingerprint density at radius 3 is 1.17 bits per heavy atom. The van der Waals surface area contributed by atoms with Crippen molar-refractivity contribution in [2.45, 2.75) is 5.60 Å². The molecule has 0 amide bonds. The lowest BCUT2D eigenvalue weighted by Gasteiger charge is -2.34. The van der Waals surface area contributed by atoms with E-state index >= 15 is 0 Å². The molecule has 0 aliphatic rings. The lowest BCUT2D eigenvalue weighted by Crippen LogP contribution is -3.00. The van der Waals surface area contributed by atoms with Gasteiger partial charge in [0, 0.05) is 9.24 Å². The highest BCUT2D eigenvalue weighted by Crippen LogP contribution is 2.40. The molecule has 0 saturated carbocycles. The first-order valence-electron chi connectivity index (χ1n) is 7.47. The minimum atomic E-state index is -0.564. The summed E-state index contributed by atoms with van der Waals surface area (Å²) in [5.41, 5.74) is 2.89. The Hall–Kier alpha value is -1.47. The summed E-state index contributed by atoms with van der Waals surface area (Å²) in [6.07, 6.45) is 0.665. The van der Waals surface area contributed by atoms with Crippen LogP contribution in [0.4, 0.5) is 0 Å². The van der Waals surface area contributed by atoms with Crippen molar-refractivity contribution in [1.29, 1.82) is 0 Å². The van der Waals surface area contributed by atoms with Crippen LogP contribution in [0.3, 0.4) is 0 Å². The molecule has 3 rings (SSSR count). The molecular formula is C20H20BrOP. The van der Waals surface area contributed by atoms with Gasteiger partial charge in [0.1, 0.15) is 5.60 Å². The van der Waals surface area contributed by atoms with Gasteiger partial charge in [-0.1, -0.05) is 91.0 Å². The normalized spacial score (nSPS) is 11.0. The number of hydrogen-bond donors (Lipinski definition) is 0. The van der Waals surface area contributed by atoms with Crippen LogP contribution in [0.2, 0.25) is 0 Å². The number of hydrogen-bond acceptors (Lipinski definition) is 1. The molecule has 0 N–H and O–H groups in total. The van der Waals surface area contributed by atoms with E-state index in [9.17, 15) is 0 Å². The minimum Gasteiger partial charge on any atom is -1.00 e. The molecule has 3 aromatic rings. The summed E-state index contributed by atoms with van der Waals surface area (Å²) in [5.74, 6) is 0. The maximum Gasteiger partial charge on any atom is 0.152 e. The molecule has 1 unspecified atom stereocenters. The van der Waals surface area contributed by atoms with Gasteiger partial charge in [0.2, 0.25) is 0 Å². The maximum atomic E-state index is 6.40. The molecule has 1 atom stereocenters. The summed E-state index contributed by atoms with van der Waals surface area (Å²) in [4.78, 5) is 0. The van der Waals surface area contributed by atoms with Gasteiger partial charge in [0.05, 0.1) is 0 Å². The number of benzene rings is 3. The second kappa shape index (κ2) is 8.40. The maximum absolute atomic E-state index is 6.40. The van der Waals surface area contributed by atoms with E-state index < -0.39 is 5.60 Å². The first-order valence-corrected chi connectivity index (χ1v) is 8.47. The molecule has 0 spiro atoms. The number of halogens is 1. The van der Waals surface area contributed by atoms with Gasteiger partial charge in [-0.2, -0.15) is 0 Å². The third-order valence-corrected chi connectivity index (χ3v) is 4.06. The van der Waals surface area contributed by atoms with E-state index in [-0.39, 0.29) is 17.0 Å². The van der Waals surface area contributed by atoms with Crippen LogP contribution in [0.5, 0.6) is 0 Å². The van der Waals surface area contributed by atoms with Gasteiger partial charge in [0.25, 0.3) is 0 Å². The van der Waals surface area contributed by atoms with Crippen LogP contribution in [-0.2, 0) is 10.3 Å². The van der Waals surface area contributed by atoms with Crippen LogP contribution in [-0.4, -0.2) is 6.35 Å². The predicted octanol–water partition coefficient (Wildman–Crippen LogP) is 1.56. The van der Waals surface area contributed by atoms with Gasteiger partial charge in [-0.25, -0.2) is 0 Å². The third-order valence-electron chi connectivity index (χ3n) is 3.86. The van der Waals surface area contributed by atoms with Crippen molar-refractivity contribution >= 4 is 9.24 Å². The Morgan fingerprint density at radius 2 is 0.913 bits per heavy atom. The van der Waals surface area contributed by atoms with Crippen LogP contribution in [0.25, 0.3) is 0 Å². The first-order chi connectivity index (χ1) is 10.9. The van der Waals surface area contributed by atoms with Crippen LogP contribution in [0.15, 0.2) is 91.0 Å². The van der Waals surface area contributed by atoms with E-state index in [0.29, 0.717) is 6.35 Å². The van der Waals surface area contributed by atoms with E-state index in [1.807, 2.05) is 27.4 Å². The van der Waals surface area contributed by atoms with Crippen LogP contribution >= 0.6 is 9.24 Å². The molecule has 3 heteroatoms. The Labute approximate surface area is 150 Å². The van der Waals surface area contributed by atoms with Gasteiger partial charge >= 0.3 is 0 Å². The van der Waals surface area contributed by atoms with Gasteiger partial charge < -0.3 is 21.7 Å². The molecule has 0 radical (unpaired) electrons. The smallest absolute Gasteiger partial charge is 0.152 e. The fraction of sp³-hybridized carbons (Fsp3) is 0.100. The standard InChI is InChI=1S/C20H19OP.BrH/c22-16-21-20(17-10-4-1-5-11-17,18-12-6-2-7-13-18)19-14-8-3-9-15-19;/h1-15H,16,22H2;1H. The van der Waals surface area contributed by atoms with Gasteiger partial charge in [-0.15, -0.1) is 0 Å². The number of ether oxygens (including phenoxy) is 1. The van der Waals surface area contributed by atoms with E-state index in [0.717, 1.165) is 16.7 Å². The molecule has 0 bridgehead atoms. The first kappa shape index (κ1) is 17.9. The average molecular weight is 387 g/mol. The highest BCUT2D eigenvalue weighted by Gasteiger charge is 2.37. The van der Waals surface area contributed by atoms with Gasteiger partial charge in [0.15, 0.2) is 6.35 Å². The van der Waals surface area contributed by atoms with Gasteiger partial charge in [-0.3, -0.25) is 0 Å². The summed E-state index contributed by atoms with van der Waals surface area (Å²) in [6, 6.07) is 31.3. The fourth-order valence-corrected chi connectivity index (χ4v) is 3.23. The molecule has 0 heterocycles. The quantitative estimate of drug-likeness (QED) is 0.477. The Bertz CT molecular complexity index is 605. The third kappa shape index (κ3) is 3.55. The lowest BCUT2D eigenvalue weighted by atomic mass is 9.80. The van der Waals surface area contributed by atoms with Crippen molar-refractivity contribution in [3.8, 4) is 0 Å². The van der Waals surface area contributed by atoms with Crippen molar-refractivity contribution in [2.24, 2.45) is 0 Å². The SMILES string of the molecule is [Br-].[PH3+]COC(c1ccccc1)(c1ccccc1)c1ccccc1. The largest absolute Gasteiger partial charge is 1.00 e. The molecule has 23 heavy (non-hydrogen) atoms. The molecule has 3 aromatic carbocycles. The van der Waals surface area contributed by atoms with Crippen molar-refractivity contribution in [3.63, 3.8) is 0 Å². The van der Waals surface area contributed by atoms with Crippen LogP contribution < -0.4 is 17.0 Å². The molecular weight excluding hydrogens is 367 g/mol. The molecule has 118 valence electrons. The van der Waals surface area contributed by atoms with Crippen molar-refractivity contribution in [1.82, 2.24) is 0 Å². The van der Waals surface area contributed by atoms with E-state index in [2.05, 4.69) is 72.8 Å². The zero-order valence-corrected chi connectivity index (χ0v) is 15.9. The molecule has 0 aliphatic carbocycles. The molecule has 0 aliphatic heterocycles. The Morgan fingerprint density at radius 1 is 0.609 bits per heavy atom. The summed E-state index contributed by atoms with van der Waals surface area (Å²) in [5, 5.41) is 0. The second-order valence-corrected chi connectivity index (χ2v) is 5.54. The van der Waals surface area contributed by atoms with Gasteiger partial charge in [-0.05, 0) is 16.7 Å². The minimum absolute atomic E-state index is 0. The number of rotatable bonds is 5. The molecule has 1 nitrogen and oxygen atoms in total. The monoisotopic (exact) mass is 386 g/mol. The predicted molar refractivity (Wildman–Crippen MR) is 96.3 cm³/mol. The topological polar surface area (TPSA) is 9.23 Å². The Balaban J connectivity index is 0.00000192. The summed E-state index contributed by atoms with van der Waals surface area (Å²) in [7, 11) is 1.84. The lowest BCUT2D eigenvalue weighted by molar-refractivity contribution is -0.00000617. The van der Waals surface area contributed by atoms with E-state index in [4.69, 9.17) is 4.74 Å². The highest BCUT2D eigenvalue weighted by atomic mass is 79.9. The highest BCUT2D eigenvalue weighted by molar-refractivity contribution is 7.16. The second-order valence-electron chi connectivity index (χ2n) is 5.13. The fourth-order valence-electron chi connectivity index (χ4n) is 2.92. The van der Waals surface area contributed by atoms with E-state index in [1.165, 1.54) is 0 Å². The van der Waals surface area contributed by atoms with Crippen LogP contribution in [0, 0.1) is 0 Å². The van der Waals surface area contributed by atoms with Crippen molar-refractivity contribution in [3.05, 3.63) is 108 Å². The summed E-state index contributed by atoms with van der Waals surface area (Å²) >= 11 is 0. The molecule has 0 fully saturated rings. The van der Waals surface area contributed by atoms with Crippen molar-refractivity contribution < 1.29 is 21.7 Å². The molecule has 0 saturated heterocycles. The summed E-state index contributed by atoms with van der Waals surface area (Å²) in [6.45, 7) is 0. The van der Waals surface area contributed by atoms with Crippen molar-refractivity contribution in [2.75, 3.05) is 6.35 Å². The zero-order chi connectivity index (χ0) is 15.3. The Kier molecular flexibility index (Phi) is 6.53. The van der Waals surface area contributed by atoms with Crippen LogP contribution in [0.1, 0.15) is 16.7 Å². The zero-order valence-electron chi connectivity index (χ0n) is 12.9. The van der Waals surface area contributed by atoms with E-state index in [1.54, 1.807) is 0 Å².